The number of fused-ring (bicyclic) bond motifs is 1. The van der Waals surface area contributed by atoms with Crippen LogP contribution in [0.5, 0.6) is 0 Å². The Bertz CT molecular complexity index is 573. The molecule has 0 saturated carbocycles. The zero-order chi connectivity index (χ0) is 13.2. The molecule has 0 amide bonds. The first-order valence-electron chi connectivity index (χ1n) is 6.96. The largest absolute Gasteiger partial charge is 0.353 e. The first-order valence-corrected chi connectivity index (χ1v) is 6.96. The van der Waals surface area contributed by atoms with E-state index in [4.69, 9.17) is 0 Å². The molecule has 1 fully saturated rings. The SMILES string of the molecule is CCN1CCN(c2ncnc3ccc(C)cc23)CC1. The number of benzene rings is 1. The Labute approximate surface area is 114 Å². The van der Waals surface area contributed by atoms with Crippen LogP contribution >= 0.6 is 0 Å². The number of aryl methyl sites for hydroxylation is 1. The van der Waals surface area contributed by atoms with Gasteiger partial charge in [-0.3, -0.25) is 0 Å². The molecular weight excluding hydrogens is 236 g/mol. The third kappa shape index (κ3) is 2.40. The van der Waals surface area contributed by atoms with E-state index in [0.717, 1.165) is 44.1 Å². The number of anilines is 1. The second-order valence-corrected chi connectivity index (χ2v) is 5.14. The van der Waals surface area contributed by atoms with Crippen LogP contribution in [0.25, 0.3) is 10.9 Å². The zero-order valence-electron chi connectivity index (χ0n) is 11.6. The van der Waals surface area contributed by atoms with Crippen LogP contribution in [0.15, 0.2) is 24.5 Å². The van der Waals surface area contributed by atoms with Crippen LogP contribution in [0.1, 0.15) is 12.5 Å². The summed E-state index contributed by atoms with van der Waals surface area (Å²) >= 11 is 0. The minimum absolute atomic E-state index is 1.04. The minimum Gasteiger partial charge on any atom is -0.353 e. The first kappa shape index (κ1) is 12.4. The number of piperazine rings is 1. The first-order chi connectivity index (χ1) is 9.28. The van der Waals surface area contributed by atoms with Crippen molar-refractivity contribution in [3.05, 3.63) is 30.1 Å². The Hall–Kier alpha value is -1.68. The molecule has 2 aromatic rings. The number of likely N-dealkylation sites (N-methyl/N-ethyl adjacent to an activating group) is 1. The van der Waals surface area contributed by atoms with E-state index in [9.17, 15) is 0 Å². The summed E-state index contributed by atoms with van der Waals surface area (Å²) in [7, 11) is 0. The van der Waals surface area contributed by atoms with E-state index in [1.807, 2.05) is 0 Å². The van der Waals surface area contributed by atoms with Gasteiger partial charge in [0.15, 0.2) is 0 Å². The average Bonchev–Trinajstić information content (AvgIpc) is 2.47. The van der Waals surface area contributed by atoms with E-state index in [2.05, 4.69) is 51.8 Å². The predicted molar refractivity (Wildman–Crippen MR) is 78.6 cm³/mol. The summed E-state index contributed by atoms with van der Waals surface area (Å²) in [5, 5.41) is 1.17. The van der Waals surface area contributed by atoms with Gasteiger partial charge in [-0.25, -0.2) is 9.97 Å². The van der Waals surface area contributed by atoms with Gasteiger partial charge in [-0.1, -0.05) is 18.6 Å². The van der Waals surface area contributed by atoms with Crippen molar-refractivity contribution >= 4 is 16.7 Å². The van der Waals surface area contributed by atoms with Crippen molar-refractivity contribution in [2.75, 3.05) is 37.6 Å². The van der Waals surface area contributed by atoms with Gasteiger partial charge in [0.2, 0.25) is 0 Å². The molecular formula is C15H20N4. The summed E-state index contributed by atoms with van der Waals surface area (Å²) in [6.07, 6.45) is 1.68. The van der Waals surface area contributed by atoms with Crippen molar-refractivity contribution in [1.82, 2.24) is 14.9 Å². The van der Waals surface area contributed by atoms with Crippen LogP contribution in [0.3, 0.4) is 0 Å². The second-order valence-electron chi connectivity index (χ2n) is 5.14. The molecule has 3 rings (SSSR count). The molecule has 1 aromatic heterocycles. The van der Waals surface area contributed by atoms with Crippen molar-refractivity contribution in [2.24, 2.45) is 0 Å². The van der Waals surface area contributed by atoms with E-state index in [0.29, 0.717) is 0 Å². The highest BCUT2D eigenvalue weighted by Gasteiger charge is 2.18. The van der Waals surface area contributed by atoms with Crippen molar-refractivity contribution in [3.8, 4) is 0 Å². The maximum absolute atomic E-state index is 4.52. The Balaban J connectivity index is 1.94. The molecule has 19 heavy (non-hydrogen) atoms. The third-order valence-corrected chi connectivity index (χ3v) is 3.89. The van der Waals surface area contributed by atoms with E-state index in [-0.39, 0.29) is 0 Å². The van der Waals surface area contributed by atoms with Crippen LogP contribution in [0, 0.1) is 6.92 Å². The quantitative estimate of drug-likeness (QED) is 0.823. The van der Waals surface area contributed by atoms with E-state index < -0.39 is 0 Å². The predicted octanol–water partition coefficient (Wildman–Crippen LogP) is 2.08. The number of aromatic nitrogens is 2. The zero-order valence-corrected chi connectivity index (χ0v) is 11.6. The van der Waals surface area contributed by atoms with E-state index in [1.54, 1.807) is 6.33 Å². The molecule has 0 N–H and O–H groups in total. The van der Waals surface area contributed by atoms with Crippen LogP contribution < -0.4 is 4.90 Å². The van der Waals surface area contributed by atoms with Gasteiger partial charge in [0, 0.05) is 31.6 Å². The van der Waals surface area contributed by atoms with Gasteiger partial charge in [0.05, 0.1) is 5.52 Å². The molecule has 0 spiro atoms. The Morgan fingerprint density at radius 2 is 1.89 bits per heavy atom. The van der Waals surface area contributed by atoms with Crippen molar-refractivity contribution in [3.63, 3.8) is 0 Å². The van der Waals surface area contributed by atoms with Crippen LogP contribution in [-0.4, -0.2) is 47.6 Å². The van der Waals surface area contributed by atoms with E-state index in [1.165, 1.54) is 10.9 Å². The Kier molecular flexibility index (Phi) is 3.34. The summed E-state index contributed by atoms with van der Waals surface area (Å²) in [6.45, 7) is 9.81. The second kappa shape index (κ2) is 5.13. The number of rotatable bonds is 2. The standard InChI is InChI=1S/C15H20N4/c1-3-18-6-8-19(9-7-18)15-13-10-12(2)4-5-14(13)16-11-17-15/h4-5,10-11H,3,6-9H2,1-2H3. The maximum Gasteiger partial charge on any atom is 0.139 e. The smallest absolute Gasteiger partial charge is 0.139 e. The van der Waals surface area contributed by atoms with Gasteiger partial charge >= 0.3 is 0 Å². The van der Waals surface area contributed by atoms with Crippen LogP contribution in [0.4, 0.5) is 5.82 Å². The molecule has 4 nitrogen and oxygen atoms in total. The maximum atomic E-state index is 4.52. The Morgan fingerprint density at radius 1 is 1.11 bits per heavy atom. The van der Waals surface area contributed by atoms with Crippen molar-refractivity contribution in [1.29, 1.82) is 0 Å². The summed E-state index contributed by atoms with van der Waals surface area (Å²) in [5.41, 5.74) is 2.30. The summed E-state index contributed by atoms with van der Waals surface area (Å²) in [5.74, 6) is 1.09. The molecule has 2 heterocycles. The molecule has 100 valence electrons. The summed E-state index contributed by atoms with van der Waals surface area (Å²) in [4.78, 5) is 13.7. The van der Waals surface area contributed by atoms with Gasteiger partial charge in [0.25, 0.3) is 0 Å². The highest BCUT2D eigenvalue weighted by Crippen LogP contribution is 2.24. The monoisotopic (exact) mass is 256 g/mol. The summed E-state index contributed by atoms with van der Waals surface area (Å²) < 4.78 is 0. The average molecular weight is 256 g/mol. The van der Waals surface area contributed by atoms with Crippen molar-refractivity contribution in [2.45, 2.75) is 13.8 Å². The van der Waals surface area contributed by atoms with Crippen LogP contribution in [-0.2, 0) is 0 Å². The number of hydrogen-bond acceptors (Lipinski definition) is 4. The van der Waals surface area contributed by atoms with Gasteiger partial charge in [-0.15, -0.1) is 0 Å². The molecule has 0 bridgehead atoms. The third-order valence-electron chi connectivity index (χ3n) is 3.89. The van der Waals surface area contributed by atoms with E-state index >= 15 is 0 Å². The lowest BCUT2D eigenvalue weighted by Crippen LogP contribution is -2.46. The number of nitrogens with zero attached hydrogens (tertiary/aromatic N) is 4. The lowest BCUT2D eigenvalue weighted by molar-refractivity contribution is 0.271. The highest BCUT2D eigenvalue weighted by atomic mass is 15.3. The fourth-order valence-corrected chi connectivity index (χ4v) is 2.68. The molecule has 4 heteroatoms. The van der Waals surface area contributed by atoms with Crippen molar-refractivity contribution < 1.29 is 0 Å². The van der Waals surface area contributed by atoms with Gasteiger partial charge < -0.3 is 9.80 Å². The number of hydrogen-bond donors (Lipinski definition) is 0. The highest BCUT2D eigenvalue weighted by molar-refractivity contribution is 5.89. The normalized spacial score (nSPS) is 17.1. The molecule has 1 saturated heterocycles. The van der Waals surface area contributed by atoms with Gasteiger partial charge in [0.1, 0.15) is 12.1 Å². The lowest BCUT2D eigenvalue weighted by Gasteiger charge is -2.35. The molecule has 1 aromatic carbocycles. The molecule has 1 aliphatic heterocycles. The molecule has 0 atom stereocenters. The van der Waals surface area contributed by atoms with Gasteiger partial charge in [-0.05, 0) is 25.6 Å². The van der Waals surface area contributed by atoms with Gasteiger partial charge in [-0.2, -0.15) is 0 Å². The fourth-order valence-electron chi connectivity index (χ4n) is 2.68. The molecule has 0 unspecified atom stereocenters. The topological polar surface area (TPSA) is 32.3 Å². The molecule has 0 radical (unpaired) electrons. The Morgan fingerprint density at radius 3 is 2.63 bits per heavy atom. The summed E-state index contributed by atoms with van der Waals surface area (Å²) in [6, 6.07) is 6.38. The lowest BCUT2D eigenvalue weighted by atomic mass is 10.1. The minimum atomic E-state index is 1.04. The molecule has 1 aliphatic rings. The fraction of sp³-hybridized carbons (Fsp3) is 0.467. The molecule has 0 aliphatic carbocycles. The van der Waals surface area contributed by atoms with Crippen LogP contribution in [0.2, 0.25) is 0 Å².